The van der Waals surface area contributed by atoms with Gasteiger partial charge in [-0.05, 0) is 12.5 Å². The summed E-state index contributed by atoms with van der Waals surface area (Å²) in [6.07, 6.45) is 1.52. The number of nitrogens with one attached hydrogen (secondary N) is 1. The van der Waals surface area contributed by atoms with Crippen molar-refractivity contribution in [2.24, 2.45) is 0 Å². The fourth-order valence-corrected chi connectivity index (χ4v) is 1.05. The topological polar surface area (TPSA) is 42.1 Å². The normalized spacial score (nSPS) is 9.86. The van der Waals surface area contributed by atoms with E-state index in [0.29, 0.717) is 18.1 Å². The summed E-state index contributed by atoms with van der Waals surface area (Å²) in [5.74, 6) is 0.581. The Labute approximate surface area is 87.4 Å². The van der Waals surface area contributed by atoms with Gasteiger partial charge < -0.3 is 9.72 Å². The Morgan fingerprint density at radius 3 is 2.93 bits per heavy atom. The second-order valence-corrected chi connectivity index (χ2v) is 3.33. The van der Waals surface area contributed by atoms with Crippen molar-refractivity contribution >= 4 is 11.6 Å². The molecule has 1 aromatic heterocycles. The molecule has 0 aromatic carbocycles. The van der Waals surface area contributed by atoms with E-state index in [1.54, 1.807) is 0 Å². The molecule has 4 heteroatoms. The fraction of sp³-hybridized carbons (Fsp3) is 0.300. The Kier molecular flexibility index (Phi) is 3.77. The van der Waals surface area contributed by atoms with Gasteiger partial charge in [0.1, 0.15) is 6.61 Å². The lowest BCUT2D eigenvalue weighted by atomic mass is 10.3. The first-order valence-corrected chi connectivity index (χ1v) is 4.71. The van der Waals surface area contributed by atoms with Gasteiger partial charge in [-0.25, -0.2) is 0 Å². The van der Waals surface area contributed by atoms with Crippen molar-refractivity contribution in [2.45, 2.75) is 12.8 Å². The molecular weight excluding hydrogens is 202 g/mol. The molecule has 3 nitrogen and oxygen atoms in total. The molecule has 0 spiro atoms. The SMILES string of the molecule is C=C(C)COc1c[nH]c(CCl)cc1=O. The number of aromatic amines is 1. The van der Waals surface area contributed by atoms with Gasteiger partial charge in [0.2, 0.25) is 5.43 Å². The van der Waals surface area contributed by atoms with Gasteiger partial charge in [0, 0.05) is 18.0 Å². The molecule has 1 rings (SSSR count). The second kappa shape index (κ2) is 4.86. The monoisotopic (exact) mass is 213 g/mol. The molecule has 0 saturated heterocycles. The molecule has 0 atom stereocenters. The zero-order valence-corrected chi connectivity index (χ0v) is 8.73. The highest BCUT2D eigenvalue weighted by atomic mass is 35.5. The van der Waals surface area contributed by atoms with Crippen molar-refractivity contribution in [3.63, 3.8) is 0 Å². The summed E-state index contributed by atoms with van der Waals surface area (Å²) < 4.78 is 5.21. The largest absolute Gasteiger partial charge is 0.484 e. The lowest BCUT2D eigenvalue weighted by Gasteiger charge is -2.04. The molecule has 0 saturated carbocycles. The molecule has 0 aliphatic rings. The van der Waals surface area contributed by atoms with Crippen LogP contribution in [-0.4, -0.2) is 11.6 Å². The molecular formula is C10H12ClNO2. The molecule has 1 heterocycles. The Morgan fingerprint density at radius 2 is 2.43 bits per heavy atom. The number of ether oxygens (including phenoxy) is 1. The van der Waals surface area contributed by atoms with Crippen molar-refractivity contribution in [3.05, 3.63) is 40.3 Å². The van der Waals surface area contributed by atoms with E-state index in [1.165, 1.54) is 12.3 Å². The predicted octanol–water partition coefficient (Wildman–Crippen LogP) is 2.07. The quantitative estimate of drug-likeness (QED) is 0.615. The van der Waals surface area contributed by atoms with E-state index in [-0.39, 0.29) is 11.3 Å². The third-order valence-corrected chi connectivity index (χ3v) is 1.84. The first kappa shape index (κ1) is 10.9. The molecule has 0 bridgehead atoms. The van der Waals surface area contributed by atoms with E-state index in [0.717, 1.165) is 5.57 Å². The van der Waals surface area contributed by atoms with Crippen molar-refractivity contribution < 1.29 is 4.74 Å². The van der Waals surface area contributed by atoms with Crippen LogP contribution in [0.5, 0.6) is 5.75 Å². The van der Waals surface area contributed by atoms with Gasteiger partial charge in [-0.3, -0.25) is 4.79 Å². The Bertz CT molecular complexity index is 384. The second-order valence-electron chi connectivity index (χ2n) is 3.07. The van der Waals surface area contributed by atoms with Crippen LogP contribution in [0.1, 0.15) is 12.6 Å². The molecule has 0 radical (unpaired) electrons. The summed E-state index contributed by atoms with van der Waals surface area (Å²) in [6.45, 7) is 5.86. The summed E-state index contributed by atoms with van der Waals surface area (Å²) >= 11 is 5.55. The Morgan fingerprint density at radius 1 is 1.71 bits per heavy atom. The van der Waals surface area contributed by atoms with E-state index < -0.39 is 0 Å². The highest BCUT2D eigenvalue weighted by molar-refractivity contribution is 6.16. The number of aromatic nitrogens is 1. The number of hydrogen-bond donors (Lipinski definition) is 1. The van der Waals surface area contributed by atoms with E-state index >= 15 is 0 Å². The van der Waals surface area contributed by atoms with E-state index in [1.807, 2.05) is 6.92 Å². The van der Waals surface area contributed by atoms with Gasteiger partial charge in [-0.1, -0.05) is 6.58 Å². The Balaban J connectivity index is 2.79. The van der Waals surface area contributed by atoms with Crippen LogP contribution in [0.2, 0.25) is 0 Å². The van der Waals surface area contributed by atoms with Crippen molar-refractivity contribution in [1.82, 2.24) is 4.98 Å². The van der Waals surface area contributed by atoms with Gasteiger partial charge in [0.05, 0.1) is 5.88 Å². The number of H-pyrrole nitrogens is 1. The maximum atomic E-state index is 11.4. The minimum Gasteiger partial charge on any atom is -0.484 e. The first-order valence-electron chi connectivity index (χ1n) is 4.18. The van der Waals surface area contributed by atoms with Crippen LogP contribution in [0.25, 0.3) is 0 Å². The summed E-state index contributed by atoms with van der Waals surface area (Å²) in [5.41, 5.74) is 1.38. The van der Waals surface area contributed by atoms with Gasteiger partial charge in [0.15, 0.2) is 5.75 Å². The molecule has 0 unspecified atom stereocenters. The van der Waals surface area contributed by atoms with Gasteiger partial charge in [-0.2, -0.15) is 0 Å². The van der Waals surface area contributed by atoms with Gasteiger partial charge in [0.25, 0.3) is 0 Å². The fourth-order valence-electron chi connectivity index (χ4n) is 0.891. The molecule has 0 amide bonds. The van der Waals surface area contributed by atoms with Gasteiger partial charge in [-0.15, -0.1) is 11.6 Å². The van der Waals surface area contributed by atoms with Crippen LogP contribution < -0.4 is 10.2 Å². The summed E-state index contributed by atoms with van der Waals surface area (Å²) in [4.78, 5) is 14.2. The average Bonchev–Trinajstić information content (AvgIpc) is 2.15. The molecule has 1 aromatic rings. The van der Waals surface area contributed by atoms with E-state index in [9.17, 15) is 4.79 Å². The summed E-state index contributed by atoms with van der Waals surface area (Å²) in [6, 6.07) is 1.43. The smallest absolute Gasteiger partial charge is 0.223 e. The lowest BCUT2D eigenvalue weighted by Crippen LogP contribution is -2.10. The van der Waals surface area contributed by atoms with E-state index in [2.05, 4.69) is 11.6 Å². The third kappa shape index (κ3) is 2.92. The number of halogens is 1. The van der Waals surface area contributed by atoms with Crippen LogP contribution in [0.15, 0.2) is 29.2 Å². The van der Waals surface area contributed by atoms with Crippen LogP contribution >= 0.6 is 11.6 Å². The van der Waals surface area contributed by atoms with Crippen LogP contribution in [0, 0.1) is 0 Å². The third-order valence-electron chi connectivity index (χ3n) is 1.55. The van der Waals surface area contributed by atoms with Crippen molar-refractivity contribution in [2.75, 3.05) is 6.61 Å². The molecule has 14 heavy (non-hydrogen) atoms. The van der Waals surface area contributed by atoms with Crippen LogP contribution in [0.4, 0.5) is 0 Å². The first-order chi connectivity index (χ1) is 6.63. The zero-order chi connectivity index (χ0) is 10.6. The highest BCUT2D eigenvalue weighted by Gasteiger charge is 2.01. The minimum absolute atomic E-state index is 0.166. The molecule has 0 fully saturated rings. The number of hydrogen-bond acceptors (Lipinski definition) is 2. The van der Waals surface area contributed by atoms with Crippen molar-refractivity contribution in [1.29, 1.82) is 0 Å². The molecule has 0 aliphatic heterocycles. The number of pyridine rings is 1. The number of rotatable bonds is 4. The molecule has 0 aliphatic carbocycles. The van der Waals surface area contributed by atoms with Crippen molar-refractivity contribution in [3.8, 4) is 5.75 Å². The van der Waals surface area contributed by atoms with Crippen LogP contribution in [-0.2, 0) is 5.88 Å². The molecule has 76 valence electrons. The van der Waals surface area contributed by atoms with Gasteiger partial charge >= 0.3 is 0 Å². The Hall–Kier alpha value is -1.22. The van der Waals surface area contributed by atoms with Crippen LogP contribution in [0.3, 0.4) is 0 Å². The average molecular weight is 214 g/mol. The predicted molar refractivity (Wildman–Crippen MR) is 56.9 cm³/mol. The summed E-state index contributed by atoms with van der Waals surface area (Å²) in [5, 5.41) is 0. The minimum atomic E-state index is -0.166. The lowest BCUT2D eigenvalue weighted by molar-refractivity contribution is 0.348. The standard InChI is InChI=1S/C10H12ClNO2/c1-7(2)6-14-10-5-12-8(4-11)3-9(10)13/h3,5H,1,4,6H2,2H3,(H,12,13). The highest BCUT2D eigenvalue weighted by Crippen LogP contribution is 2.04. The maximum Gasteiger partial charge on any atom is 0.223 e. The zero-order valence-electron chi connectivity index (χ0n) is 7.97. The summed E-state index contributed by atoms with van der Waals surface area (Å²) in [7, 11) is 0. The number of alkyl halides is 1. The molecule has 1 N–H and O–H groups in total. The maximum absolute atomic E-state index is 11.4. The van der Waals surface area contributed by atoms with E-state index in [4.69, 9.17) is 16.3 Å².